The molecule has 2 aromatic rings. The average Bonchev–Trinajstić information content (AvgIpc) is 2.65. The van der Waals surface area contributed by atoms with E-state index in [1.165, 1.54) is 11.0 Å². The first-order valence-corrected chi connectivity index (χ1v) is 9.28. The molecule has 0 spiro atoms. The summed E-state index contributed by atoms with van der Waals surface area (Å²) in [5.41, 5.74) is 2.35. The summed E-state index contributed by atoms with van der Waals surface area (Å²) in [5.74, 6) is -0.892. The van der Waals surface area contributed by atoms with Crippen molar-refractivity contribution in [2.45, 2.75) is 46.2 Å². The molecular weight excluding hydrogens is 343 g/mol. The first-order chi connectivity index (χ1) is 12.9. The van der Waals surface area contributed by atoms with Crippen LogP contribution >= 0.6 is 0 Å². The number of hydrogen-bond donors (Lipinski definition) is 1. The molecule has 0 aliphatic carbocycles. The summed E-state index contributed by atoms with van der Waals surface area (Å²) in [6.07, 6.45) is 0.739. The monoisotopic (exact) mass is 370 g/mol. The predicted molar refractivity (Wildman–Crippen MR) is 105 cm³/mol. The van der Waals surface area contributed by atoms with Gasteiger partial charge in [-0.15, -0.1) is 0 Å². The van der Waals surface area contributed by atoms with E-state index in [0.717, 1.165) is 17.5 Å². The molecule has 0 aromatic heterocycles. The van der Waals surface area contributed by atoms with E-state index in [-0.39, 0.29) is 18.2 Å². The van der Waals surface area contributed by atoms with Crippen molar-refractivity contribution in [3.05, 3.63) is 71.0 Å². The van der Waals surface area contributed by atoms with Crippen molar-refractivity contribution in [2.75, 3.05) is 6.54 Å². The van der Waals surface area contributed by atoms with Crippen molar-refractivity contribution in [3.8, 4) is 0 Å². The fourth-order valence-corrected chi connectivity index (χ4v) is 2.89. The lowest BCUT2D eigenvalue weighted by Gasteiger charge is -2.29. The fourth-order valence-electron chi connectivity index (χ4n) is 2.89. The molecule has 0 bridgehead atoms. The Balaban J connectivity index is 2.23. The first-order valence-electron chi connectivity index (χ1n) is 9.28. The third-order valence-corrected chi connectivity index (χ3v) is 4.45. The maximum Gasteiger partial charge on any atom is 0.242 e. The average molecular weight is 370 g/mol. The SMILES string of the molecule is CCCNC(=O)C(C)N(Cc1cccc(C)c1)C(=O)Cc1ccccc1F. The van der Waals surface area contributed by atoms with Crippen LogP contribution in [-0.2, 0) is 22.6 Å². The Morgan fingerprint density at radius 1 is 1.15 bits per heavy atom. The minimum atomic E-state index is -0.642. The standard InChI is InChI=1S/C22H27FN2O2/c1-4-12-24-22(27)17(3)25(15-18-9-7-8-16(2)13-18)21(26)14-19-10-5-6-11-20(19)23/h5-11,13,17H,4,12,14-15H2,1-3H3,(H,24,27). The lowest BCUT2D eigenvalue weighted by atomic mass is 10.1. The van der Waals surface area contributed by atoms with Crippen molar-refractivity contribution in [3.63, 3.8) is 0 Å². The molecule has 0 aliphatic heterocycles. The molecule has 1 unspecified atom stereocenters. The van der Waals surface area contributed by atoms with E-state index < -0.39 is 11.9 Å². The van der Waals surface area contributed by atoms with Crippen LogP contribution in [0, 0.1) is 12.7 Å². The summed E-state index contributed by atoms with van der Waals surface area (Å²) in [5, 5.41) is 2.83. The number of hydrogen-bond acceptors (Lipinski definition) is 2. The van der Waals surface area contributed by atoms with E-state index in [4.69, 9.17) is 0 Å². The number of rotatable bonds is 8. The molecule has 2 aromatic carbocycles. The molecule has 0 heterocycles. The topological polar surface area (TPSA) is 49.4 Å². The Bertz CT molecular complexity index is 791. The number of aryl methyl sites for hydroxylation is 1. The van der Waals surface area contributed by atoms with Gasteiger partial charge < -0.3 is 10.2 Å². The number of carbonyl (C=O) groups is 2. The van der Waals surface area contributed by atoms with Gasteiger partial charge in [0.15, 0.2) is 0 Å². The molecule has 144 valence electrons. The zero-order chi connectivity index (χ0) is 19.8. The molecule has 0 aliphatic rings. The second-order valence-corrected chi connectivity index (χ2v) is 6.75. The molecule has 4 nitrogen and oxygen atoms in total. The minimum Gasteiger partial charge on any atom is -0.354 e. The number of benzene rings is 2. The summed E-state index contributed by atoms with van der Waals surface area (Å²) in [6, 6.07) is 13.4. The molecular formula is C22H27FN2O2. The smallest absolute Gasteiger partial charge is 0.242 e. The predicted octanol–water partition coefficient (Wildman–Crippen LogP) is 3.62. The summed E-state index contributed by atoms with van der Waals surface area (Å²) in [6.45, 7) is 6.52. The maximum atomic E-state index is 14.0. The van der Waals surface area contributed by atoms with Gasteiger partial charge in [-0.2, -0.15) is 0 Å². The zero-order valence-corrected chi connectivity index (χ0v) is 16.2. The second-order valence-electron chi connectivity index (χ2n) is 6.75. The van der Waals surface area contributed by atoms with Crippen LogP contribution in [0.2, 0.25) is 0 Å². The van der Waals surface area contributed by atoms with Gasteiger partial charge in [-0.1, -0.05) is 55.0 Å². The van der Waals surface area contributed by atoms with Crippen LogP contribution in [0.3, 0.4) is 0 Å². The highest BCUT2D eigenvalue weighted by Crippen LogP contribution is 2.15. The van der Waals surface area contributed by atoms with Gasteiger partial charge in [-0.05, 0) is 37.5 Å². The van der Waals surface area contributed by atoms with Crippen LogP contribution in [0.15, 0.2) is 48.5 Å². The van der Waals surface area contributed by atoms with E-state index in [1.54, 1.807) is 25.1 Å². The molecule has 0 saturated carbocycles. The van der Waals surface area contributed by atoms with Crippen LogP contribution in [0.1, 0.15) is 37.0 Å². The summed E-state index contributed by atoms with van der Waals surface area (Å²) in [4.78, 5) is 26.9. The number of nitrogens with zero attached hydrogens (tertiary/aromatic N) is 1. The minimum absolute atomic E-state index is 0.0795. The Kier molecular flexibility index (Phi) is 7.53. The summed E-state index contributed by atoms with van der Waals surface area (Å²) < 4.78 is 14.0. The third kappa shape index (κ3) is 5.91. The molecule has 2 rings (SSSR count). The summed E-state index contributed by atoms with van der Waals surface area (Å²) >= 11 is 0. The van der Waals surface area contributed by atoms with Gasteiger partial charge in [0.2, 0.25) is 11.8 Å². The van der Waals surface area contributed by atoms with Crippen LogP contribution < -0.4 is 5.32 Å². The van der Waals surface area contributed by atoms with Gasteiger partial charge in [0, 0.05) is 13.1 Å². The molecule has 1 atom stereocenters. The molecule has 2 amide bonds. The largest absolute Gasteiger partial charge is 0.354 e. The van der Waals surface area contributed by atoms with Crippen molar-refractivity contribution in [2.24, 2.45) is 0 Å². The van der Waals surface area contributed by atoms with Crippen LogP contribution in [0.25, 0.3) is 0 Å². The Labute approximate surface area is 160 Å². The van der Waals surface area contributed by atoms with Crippen molar-refractivity contribution in [1.82, 2.24) is 10.2 Å². The van der Waals surface area contributed by atoms with Crippen LogP contribution in [0.5, 0.6) is 0 Å². The number of nitrogens with one attached hydrogen (secondary N) is 1. The molecule has 0 fully saturated rings. The Hall–Kier alpha value is -2.69. The van der Waals surface area contributed by atoms with Gasteiger partial charge in [-0.25, -0.2) is 4.39 Å². The van der Waals surface area contributed by atoms with Gasteiger partial charge >= 0.3 is 0 Å². The molecule has 0 radical (unpaired) electrons. The van der Waals surface area contributed by atoms with E-state index in [9.17, 15) is 14.0 Å². The lowest BCUT2D eigenvalue weighted by Crippen LogP contribution is -2.48. The maximum absolute atomic E-state index is 14.0. The normalized spacial score (nSPS) is 11.7. The highest BCUT2D eigenvalue weighted by Gasteiger charge is 2.26. The summed E-state index contributed by atoms with van der Waals surface area (Å²) in [7, 11) is 0. The molecule has 27 heavy (non-hydrogen) atoms. The van der Waals surface area contributed by atoms with E-state index in [2.05, 4.69) is 5.32 Å². The molecule has 1 N–H and O–H groups in total. The van der Waals surface area contributed by atoms with Gasteiger partial charge in [-0.3, -0.25) is 9.59 Å². The van der Waals surface area contributed by atoms with Crippen molar-refractivity contribution in [1.29, 1.82) is 0 Å². The Morgan fingerprint density at radius 2 is 1.89 bits per heavy atom. The van der Waals surface area contributed by atoms with E-state index in [0.29, 0.717) is 18.7 Å². The first kappa shape index (κ1) is 20.6. The van der Waals surface area contributed by atoms with Gasteiger partial charge in [0.1, 0.15) is 11.9 Å². The Morgan fingerprint density at radius 3 is 2.56 bits per heavy atom. The number of halogens is 1. The zero-order valence-electron chi connectivity index (χ0n) is 16.2. The number of amides is 2. The van der Waals surface area contributed by atoms with Crippen molar-refractivity contribution >= 4 is 11.8 Å². The van der Waals surface area contributed by atoms with Crippen LogP contribution in [-0.4, -0.2) is 29.3 Å². The van der Waals surface area contributed by atoms with E-state index in [1.807, 2.05) is 38.1 Å². The molecule has 5 heteroatoms. The highest BCUT2D eigenvalue weighted by atomic mass is 19.1. The third-order valence-electron chi connectivity index (χ3n) is 4.45. The fraction of sp³-hybridized carbons (Fsp3) is 0.364. The van der Waals surface area contributed by atoms with Gasteiger partial charge in [0.05, 0.1) is 6.42 Å². The quantitative estimate of drug-likeness (QED) is 0.772. The van der Waals surface area contributed by atoms with Gasteiger partial charge in [0.25, 0.3) is 0 Å². The van der Waals surface area contributed by atoms with Crippen molar-refractivity contribution < 1.29 is 14.0 Å². The van der Waals surface area contributed by atoms with Crippen LogP contribution in [0.4, 0.5) is 4.39 Å². The second kappa shape index (κ2) is 9.86. The van der Waals surface area contributed by atoms with E-state index >= 15 is 0 Å². The number of carbonyl (C=O) groups excluding carboxylic acids is 2. The highest BCUT2D eigenvalue weighted by molar-refractivity contribution is 5.88. The molecule has 0 saturated heterocycles. The lowest BCUT2D eigenvalue weighted by molar-refractivity contribution is -0.140.